The van der Waals surface area contributed by atoms with Crippen LogP contribution in [0.2, 0.25) is 23.2 Å². The Morgan fingerprint density at radius 3 is 1.98 bits per heavy atom. The Hall–Kier alpha value is -2.65. The van der Waals surface area contributed by atoms with Gasteiger partial charge in [0.1, 0.15) is 29.5 Å². The van der Waals surface area contributed by atoms with E-state index in [1.807, 2.05) is 19.1 Å². The second-order valence-electron chi connectivity index (χ2n) is 24.3. The number of aliphatic hydroxyl groups is 2. The van der Waals surface area contributed by atoms with Gasteiger partial charge in [0.25, 0.3) is 8.32 Å². The average Bonchev–Trinajstić information content (AvgIpc) is 3.81. The van der Waals surface area contributed by atoms with Gasteiger partial charge in [-0.3, -0.25) is 9.59 Å². The minimum Gasteiger partial charge on any atom is -0.463 e. The fourth-order valence-corrected chi connectivity index (χ4v) is 19.9. The summed E-state index contributed by atoms with van der Waals surface area (Å²) in [6.07, 6.45) is 6.60. The molecule has 6 aliphatic rings. The van der Waals surface area contributed by atoms with Crippen molar-refractivity contribution in [3.05, 3.63) is 72.3 Å². The van der Waals surface area contributed by atoms with Crippen molar-refractivity contribution in [2.24, 2.45) is 34.5 Å². The van der Waals surface area contributed by atoms with Crippen molar-refractivity contribution in [2.45, 2.75) is 192 Å². The second-order valence-corrected chi connectivity index (χ2v) is 33.3. The Morgan fingerprint density at radius 2 is 1.44 bits per heavy atom. The van der Waals surface area contributed by atoms with Crippen LogP contribution in [0.1, 0.15) is 128 Å². The molecule has 11 heteroatoms. The molecule has 0 spiro atoms. The van der Waals surface area contributed by atoms with E-state index in [1.165, 1.54) is 19.4 Å². The van der Waals surface area contributed by atoms with E-state index in [-0.39, 0.29) is 64.3 Å². The van der Waals surface area contributed by atoms with Crippen molar-refractivity contribution < 1.29 is 42.9 Å². The maximum absolute atomic E-state index is 13.7. The van der Waals surface area contributed by atoms with Crippen molar-refractivity contribution in [1.29, 1.82) is 0 Å². The maximum Gasteiger partial charge on any atom is 0.302 e. The molecule has 1 heterocycles. The zero-order valence-corrected chi connectivity index (χ0v) is 43.1. The number of ether oxygens (including phenoxy) is 3. The van der Waals surface area contributed by atoms with Crippen LogP contribution in [0, 0.1) is 34.5 Å². The summed E-state index contributed by atoms with van der Waals surface area (Å²) in [7, 11) is -5.46. The van der Waals surface area contributed by atoms with Crippen molar-refractivity contribution in [3.63, 3.8) is 0 Å². The molecule has 2 N–H and O–H groups in total. The molecule has 8 rings (SSSR count). The van der Waals surface area contributed by atoms with Crippen molar-refractivity contribution in [3.8, 4) is 0 Å². The minimum absolute atomic E-state index is 0.0190. The third-order valence-corrected chi connectivity index (χ3v) is 27.7. The summed E-state index contributed by atoms with van der Waals surface area (Å²) < 4.78 is 34.4. The zero-order valence-electron chi connectivity index (χ0n) is 41.1. The molecule has 5 fully saturated rings. The van der Waals surface area contributed by atoms with Gasteiger partial charge in [-0.2, -0.15) is 0 Å². The highest BCUT2D eigenvalue weighted by atomic mass is 28.4. The molecule has 352 valence electrons. The molecule has 0 bridgehead atoms. The first-order valence-electron chi connectivity index (χ1n) is 24.3. The van der Waals surface area contributed by atoms with E-state index in [4.69, 9.17) is 23.1 Å². The van der Waals surface area contributed by atoms with E-state index in [9.17, 15) is 19.8 Å². The first-order chi connectivity index (χ1) is 29.7. The van der Waals surface area contributed by atoms with Crippen LogP contribution in [-0.2, 0) is 32.7 Å². The Balaban J connectivity index is 1.13. The molecule has 1 saturated heterocycles. The molecule has 9 nitrogen and oxygen atoms in total. The minimum atomic E-state index is -2.98. The van der Waals surface area contributed by atoms with Gasteiger partial charge in [-0.1, -0.05) is 121 Å². The van der Waals surface area contributed by atoms with E-state index in [0.29, 0.717) is 18.8 Å². The SMILES string of the molecule is CC(=O)O[C@H]1CC[C@@]2(C)[C@@H](CC[C@H]3C4=C[C@@H]5O[C@@]6([C@@H](C[C@](C)(O)CO[Si](c7ccccc7)(c7ccccc7)C(C)(C)C)O[Si](C)(C)C(C)(C)C)C[C@H]6[C@]5(O)[C@@]4(C)[C@H](OC(C)=O)C[C@@H]32)C1. The zero-order chi connectivity index (χ0) is 46.7. The molecule has 13 atom stereocenters. The summed E-state index contributed by atoms with van der Waals surface area (Å²) in [6, 6.07) is 21.0. The van der Waals surface area contributed by atoms with Crippen molar-refractivity contribution in [2.75, 3.05) is 6.61 Å². The number of carbonyl (C=O) groups excluding carboxylic acids is 2. The summed E-state index contributed by atoms with van der Waals surface area (Å²) in [5.74, 6) is -0.000253. The first-order valence-corrected chi connectivity index (χ1v) is 29.1. The average molecular weight is 915 g/mol. The standard InChI is InChI=1S/C53H78O9Si2/c1-34(54)59-37-26-27-50(10)36(28-37)24-25-40-41(50)29-44(60-35(2)55)51(11)42(40)30-45-53(51,57)43-31-52(43,61-45)46(62-63(12,13)47(3,4)5)32-49(9,56)33-58-64(48(6,7)8,38-20-16-14-17-21-38)39-22-18-15-19-23-39/h14-23,30,36-37,40-41,43-46,56-57H,24-29,31-33H2,1-13H3/t36-,37-,40+,41-,43+,44+,45-,46+,49-,50-,51+,52-,53+/m0/s1. The Kier molecular flexibility index (Phi) is 11.9. The van der Waals surface area contributed by atoms with Crippen LogP contribution in [0.15, 0.2) is 72.3 Å². The van der Waals surface area contributed by atoms with Gasteiger partial charge in [-0.15, -0.1) is 0 Å². The van der Waals surface area contributed by atoms with Gasteiger partial charge in [0.2, 0.25) is 0 Å². The molecular weight excluding hydrogens is 837 g/mol. The lowest BCUT2D eigenvalue weighted by Gasteiger charge is -2.62. The van der Waals surface area contributed by atoms with Crippen molar-refractivity contribution in [1.82, 2.24) is 0 Å². The van der Waals surface area contributed by atoms with Crippen LogP contribution in [-0.4, -0.2) is 86.6 Å². The van der Waals surface area contributed by atoms with Gasteiger partial charge in [0.15, 0.2) is 8.32 Å². The molecule has 0 radical (unpaired) electrons. The smallest absolute Gasteiger partial charge is 0.302 e. The van der Waals surface area contributed by atoms with Crippen LogP contribution in [0.4, 0.5) is 0 Å². The van der Waals surface area contributed by atoms with Crippen LogP contribution < -0.4 is 10.4 Å². The number of hydrogen-bond acceptors (Lipinski definition) is 9. The van der Waals surface area contributed by atoms with Gasteiger partial charge < -0.3 is 33.3 Å². The highest BCUT2D eigenvalue weighted by Gasteiger charge is 2.85. The Morgan fingerprint density at radius 1 is 0.844 bits per heavy atom. The molecule has 64 heavy (non-hydrogen) atoms. The first kappa shape index (κ1) is 47.8. The summed E-state index contributed by atoms with van der Waals surface area (Å²) >= 11 is 0. The van der Waals surface area contributed by atoms with Gasteiger partial charge >= 0.3 is 11.9 Å². The van der Waals surface area contributed by atoms with E-state index < -0.39 is 57.2 Å². The summed E-state index contributed by atoms with van der Waals surface area (Å²) in [4.78, 5) is 25.0. The fourth-order valence-electron chi connectivity index (χ4n) is 13.9. The van der Waals surface area contributed by atoms with E-state index in [2.05, 4.69) is 123 Å². The van der Waals surface area contributed by atoms with Crippen LogP contribution in [0.3, 0.4) is 0 Å². The Labute approximate surface area is 385 Å². The quantitative estimate of drug-likeness (QED) is 0.122. The lowest BCUT2D eigenvalue weighted by molar-refractivity contribution is -0.199. The molecule has 0 unspecified atom stereocenters. The van der Waals surface area contributed by atoms with E-state index in [1.54, 1.807) is 0 Å². The highest BCUT2D eigenvalue weighted by Crippen LogP contribution is 2.76. The number of hydrogen-bond donors (Lipinski definition) is 2. The monoisotopic (exact) mass is 915 g/mol. The largest absolute Gasteiger partial charge is 0.463 e. The van der Waals surface area contributed by atoms with E-state index in [0.717, 1.165) is 42.5 Å². The molecule has 0 aromatic heterocycles. The molecule has 5 aliphatic carbocycles. The van der Waals surface area contributed by atoms with Gasteiger partial charge in [-0.05, 0) is 116 Å². The second kappa shape index (κ2) is 16.0. The summed E-state index contributed by atoms with van der Waals surface area (Å²) in [5.41, 5.74) is -3.23. The normalized spacial score (nSPS) is 37.1. The number of rotatable bonds is 12. The number of carbonyl (C=O) groups is 2. The van der Waals surface area contributed by atoms with Gasteiger partial charge in [-0.25, -0.2) is 0 Å². The van der Waals surface area contributed by atoms with Crippen LogP contribution in [0.5, 0.6) is 0 Å². The third kappa shape index (κ3) is 7.48. The lowest BCUT2D eigenvalue weighted by atomic mass is 9.44. The molecule has 0 amide bonds. The summed E-state index contributed by atoms with van der Waals surface area (Å²) in [6.45, 7) is 27.4. The molecule has 2 aromatic carbocycles. The predicted octanol–water partition coefficient (Wildman–Crippen LogP) is 9.03. The van der Waals surface area contributed by atoms with Gasteiger partial charge in [0.05, 0.1) is 23.7 Å². The van der Waals surface area contributed by atoms with Crippen LogP contribution >= 0.6 is 0 Å². The van der Waals surface area contributed by atoms with Crippen molar-refractivity contribution >= 4 is 38.9 Å². The molecule has 2 aromatic rings. The molecule has 4 saturated carbocycles. The predicted molar refractivity (Wildman–Crippen MR) is 255 cm³/mol. The Bertz CT molecular complexity index is 2070. The van der Waals surface area contributed by atoms with Crippen LogP contribution in [0.25, 0.3) is 0 Å². The fraction of sp³-hybridized carbons (Fsp3) is 0.698. The highest BCUT2D eigenvalue weighted by molar-refractivity contribution is 6.99. The maximum atomic E-state index is 13.7. The third-order valence-electron chi connectivity index (χ3n) is 18.3. The van der Waals surface area contributed by atoms with E-state index >= 15 is 0 Å². The molecule has 1 aliphatic heterocycles. The number of benzene rings is 2. The topological polar surface area (TPSA) is 121 Å². The lowest BCUT2D eigenvalue weighted by Crippen LogP contribution is -2.67. The van der Waals surface area contributed by atoms with Gasteiger partial charge in [0, 0.05) is 26.2 Å². The number of esters is 2. The summed E-state index contributed by atoms with van der Waals surface area (Å²) in [5, 5.41) is 28.3. The number of fused-ring (bicyclic) bond motifs is 9. The molecular formula is C53H78O9Si2.